The van der Waals surface area contributed by atoms with Crippen LogP contribution in [-0.2, 0) is 14.3 Å². The van der Waals surface area contributed by atoms with Crippen LogP contribution in [0.5, 0.6) is 5.75 Å². The Bertz CT molecular complexity index is 414. The van der Waals surface area contributed by atoms with Crippen LogP contribution < -0.4 is 10.1 Å². The molecule has 1 rings (SSSR count). The molecule has 0 fully saturated rings. The molecule has 1 aromatic carbocycles. The molecule has 0 spiro atoms. The van der Waals surface area contributed by atoms with Crippen LogP contribution in [0.25, 0.3) is 0 Å². The first-order chi connectivity index (χ1) is 8.52. The maximum atomic E-state index is 11.6. The number of nitrogens with one attached hydrogen (secondary N) is 1. The van der Waals surface area contributed by atoms with Crippen LogP contribution in [0.4, 0.5) is 0 Å². The topological polar surface area (TPSA) is 64.6 Å². The van der Waals surface area contributed by atoms with Gasteiger partial charge in [-0.1, -0.05) is 17.7 Å². The number of benzene rings is 1. The van der Waals surface area contributed by atoms with Crippen LogP contribution in [0.1, 0.15) is 12.5 Å². The maximum Gasteiger partial charge on any atom is 0.325 e. The Hall–Kier alpha value is -2.04. The lowest BCUT2D eigenvalue weighted by Gasteiger charge is -2.14. The molecule has 0 saturated carbocycles. The summed E-state index contributed by atoms with van der Waals surface area (Å²) in [6, 6.07) is 7.38. The molecule has 1 aromatic rings. The van der Waals surface area contributed by atoms with Crippen molar-refractivity contribution < 1.29 is 19.1 Å². The molecule has 1 atom stereocenters. The van der Waals surface area contributed by atoms with Crippen molar-refractivity contribution in [3.8, 4) is 5.75 Å². The fourth-order valence-corrected chi connectivity index (χ4v) is 1.25. The van der Waals surface area contributed by atoms with Crippen molar-refractivity contribution in [1.82, 2.24) is 5.32 Å². The van der Waals surface area contributed by atoms with E-state index >= 15 is 0 Å². The van der Waals surface area contributed by atoms with Gasteiger partial charge in [0, 0.05) is 0 Å². The van der Waals surface area contributed by atoms with Crippen molar-refractivity contribution in [3.63, 3.8) is 0 Å². The monoisotopic (exact) mass is 251 g/mol. The minimum absolute atomic E-state index is 0.156. The van der Waals surface area contributed by atoms with E-state index in [1.807, 2.05) is 19.1 Å². The van der Waals surface area contributed by atoms with Crippen molar-refractivity contribution in [2.45, 2.75) is 20.0 Å². The van der Waals surface area contributed by atoms with Gasteiger partial charge in [-0.25, -0.2) is 0 Å². The second kappa shape index (κ2) is 6.64. The summed E-state index contributed by atoms with van der Waals surface area (Å²) in [5.41, 5.74) is 1.12. The molecule has 0 aliphatic rings. The van der Waals surface area contributed by atoms with Gasteiger partial charge >= 0.3 is 5.97 Å². The second-order valence-electron chi connectivity index (χ2n) is 3.87. The molecular weight excluding hydrogens is 234 g/mol. The molecule has 1 N–H and O–H groups in total. The van der Waals surface area contributed by atoms with E-state index in [4.69, 9.17) is 4.74 Å². The maximum absolute atomic E-state index is 11.6. The summed E-state index contributed by atoms with van der Waals surface area (Å²) in [5.74, 6) is -0.242. The highest BCUT2D eigenvalue weighted by Crippen LogP contribution is 2.13. The van der Waals surface area contributed by atoms with Crippen LogP contribution in [0.2, 0.25) is 0 Å². The molecule has 18 heavy (non-hydrogen) atoms. The van der Waals surface area contributed by atoms with E-state index in [0.717, 1.165) is 5.56 Å². The molecule has 5 heteroatoms. The highest BCUT2D eigenvalue weighted by Gasteiger charge is 2.15. The smallest absolute Gasteiger partial charge is 0.325 e. The fraction of sp³-hybridized carbons (Fsp3) is 0.385. The van der Waals surface area contributed by atoms with E-state index in [-0.39, 0.29) is 12.5 Å². The Morgan fingerprint density at radius 2 is 1.89 bits per heavy atom. The summed E-state index contributed by atoms with van der Waals surface area (Å²) in [4.78, 5) is 22.4. The number of esters is 1. The number of methoxy groups -OCH3 is 1. The highest BCUT2D eigenvalue weighted by molar-refractivity contribution is 5.84. The van der Waals surface area contributed by atoms with Gasteiger partial charge in [-0.2, -0.15) is 0 Å². The lowest BCUT2D eigenvalue weighted by molar-refractivity contribution is -0.141. The van der Waals surface area contributed by atoms with E-state index in [1.165, 1.54) is 7.11 Å². The quantitative estimate of drug-likeness (QED) is 0.794. The molecule has 5 nitrogen and oxygen atoms in total. The molecule has 0 aromatic heterocycles. The van der Waals surface area contributed by atoms with Gasteiger partial charge in [0.2, 0.25) is 0 Å². The number of carbonyl (C=O) groups excluding carboxylic acids is 2. The van der Waals surface area contributed by atoms with E-state index in [0.29, 0.717) is 5.75 Å². The second-order valence-corrected chi connectivity index (χ2v) is 3.87. The largest absolute Gasteiger partial charge is 0.481 e. The zero-order valence-corrected chi connectivity index (χ0v) is 10.7. The van der Waals surface area contributed by atoms with Gasteiger partial charge in [-0.3, -0.25) is 9.59 Å². The van der Waals surface area contributed by atoms with Crippen LogP contribution in [0.3, 0.4) is 0 Å². The molecule has 0 aliphatic heterocycles. The third-order valence-electron chi connectivity index (χ3n) is 2.34. The number of carbonyl (C=O) groups is 2. The molecule has 98 valence electrons. The van der Waals surface area contributed by atoms with Crippen LogP contribution >= 0.6 is 0 Å². The number of aryl methyl sites for hydroxylation is 1. The molecule has 0 heterocycles. The summed E-state index contributed by atoms with van der Waals surface area (Å²) in [7, 11) is 1.26. The van der Waals surface area contributed by atoms with Gasteiger partial charge in [0.05, 0.1) is 7.11 Å². The number of hydrogen-bond donors (Lipinski definition) is 1. The molecule has 0 radical (unpaired) electrons. The molecule has 0 saturated heterocycles. The SMILES string of the molecule is COC(=O)CNC(=O)[C@H](C)Oc1ccc(C)cc1. The van der Waals surface area contributed by atoms with Crippen molar-refractivity contribution in [2.75, 3.05) is 13.7 Å². The van der Waals surface area contributed by atoms with Gasteiger partial charge in [0.15, 0.2) is 6.10 Å². The van der Waals surface area contributed by atoms with Gasteiger partial charge < -0.3 is 14.8 Å². The summed E-state index contributed by atoms with van der Waals surface area (Å²) >= 11 is 0. The Balaban J connectivity index is 2.44. The van der Waals surface area contributed by atoms with E-state index in [9.17, 15) is 9.59 Å². The van der Waals surface area contributed by atoms with Crippen molar-refractivity contribution >= 4 is 11.9 Å². The minimum Gasteiger partial charge on any atom is -0.481 e. The first-order valence-corrected chi connectivity index (χ1v) is 5.60. The Morgan fingerprint density at radius 3 is 2.44 bits per heavy atom. The van der Waals surface area contributed by atoms with E-state index in [1.54, 1.807) is 19.1 Å². The zero-order chi connectivity index (χ0) is 13.5. The fourth-order valence-electron chi connectivity index (χ4n) is 1.25. The van der Waals surface area contributed by atoms with E-state index in [2.05, 4.69) is 10.1 Å². The van der Waals surface area contributed by atoms with Crippen LogP contribution in [0.15, 0.2) is 24.3 Å². The van der Waals surface area contributed by atoms with Gasteiger partial charge in [-0.15, -0.1) is 0 Å². The van der Waals surface area contributed by atoms with Crippen LogP contribution in [-0.4, -0.2) is 31.6 Å². The standard InChI is InChI=1S/C13H17NO4/c1-9-4-6-11(7-5-9)18-10(2)13(16)14-8-12(15)17-3/h4-7,10H,8H2,1-3H3,(H,14,16)/t10-/m0/s1. The zero-order valence-electron chi connectivity index (χ0n) is 10.7. The predicted octanol–water partition coefficient (Wildman–Crippen LogP) is 1.05. The summed E-state index contributed by atoms with van der Waals surface area (Å²) in [6.07, 6.45) is -0.669. The molecular formula is C13H17NO4. The summed E-state index contributed by atoms with van der Waals surface area (Å²) in [5, 5.41) is 2.43. The molecule has 0 unspecified atom stereocenters. The number of ether oxygens (including phenoxy) is 2. The Morgan fingerprint density at radius 1 is 1.28 bits per heavy atom. The van der Waals surface area contributed by atoms with Crippen molar-refractivity contribution in [2.24, 2.45) is 0 Å². The third kappa shape index (κ3) is 4.45. The van der Waals surface area contributed by atoms with Crippen molar-refractivity contribution in [1.29, 1.82) is 0 Å². The minimum atomic E-state index is -0.669. The van der Waals surface area contributed by atoms with Crippen molar-refractivity contribution in [3.05, 3.63) is 29.8 Å². The average Bonchev–Trinajstić information content (AvgIpc) is 2.38. The normalized spacial score (nSPS) is 11.5. The van der Waals surface area contributed by atoms with Crippen LogP contribution in [0, 0.1) is 6.92 Å². The number of rotatable bonds is 5. The molecule has 0 aliphatic carbocycles. The summed E-state index contributed by atoms with van der Waals surface area (Å²) < 4.78 is 9.85. The molecule has 0 bridgehead atoms. The lowest BCUT2D eigenvalue weighted by atomic mass is 10.2. The third-order valence-corrected chi connectivity index (χ3v) is 2.34. The predicted molar refractivity (Wildman–Crippen MR) is 66.3 cm³/mol. The lowest BCUT2D eigenvalue weighted by Crippen LogP contribution is -2.39. The number of hydrogen-bond acceptors (Lipinski definition) is 4. The van der Waals surface area contributed by atoms with Gasteiger partial charge in [0.25, 0.3) is 5.91 Å². The Labute approximate surface area is 106 Å². The van der Waals surface area contributed by atoms with Gasteiger partial charge in [0.1, 0.15) is 12.3 Å². The average molecular weight is 251 g/mol. The van der Waals surface area contributed by atoms with E-state index < -0.39 is 12.1 Å². The first kappa shape index (κ1) is 14.0. The van der Waals surface area contributed by atoms with Gasteiger partial charge in [-0.05, 0) is 26.0 Å². The molecule has 1 amide bonds. The Kier molecular flexibility index (Phi) is 5.17. The summed E-state index contributed by atoms with van der Waals surface area (Å²) in [6.45, 7) is 3.43. The number of amides is 1. The highest BCUT2D eigenvalue weighted by atomic mass is 16.5. The first-order valence-electron chi connectivity index (χ1n) is 5.60.